The number of rotatable bonds is 3. The number of hydrogen-bond donors (Lipinski definition) is 0. The summed E-state index contributed by atoms with van der Waals surface area (Å²) in [6.45, 7) is 7.80. The molecule has 1 saturated heterocycles. The van der Waals surface area contributed by atoms with Gasteiger partial charge in [0.1, 0.15) is 0 Å². The molecule has 3 nitrogen and oxygen atoms in total. The lowest BCUT2D eigenvalue weighted by Crippen LogP contribution is -2.35. The quantitative estimate of drug-likeness (QED) is 0.724. The first-order chi connectivity index (χ1) is 9.17. The van der Waals surface area contributed by atoms with Gasteiger partial charge in [0.25, 0.3) is 0 Å². The normalized spacial score (nSPS) is 23.7. The monoisotopic (exact) mass is 263 g/mol. The molecule has 19 heavy (non-hydrogen) atoms. The molecule has 1 aliphatic heterocycles. The van der Waals surface area contributed by atoms with E-state index in [1.54, 1.807) is 0 Å². The van der Waals surface area contributed by atoms with Crippen molar-refractivity contribution >= 4 is 6.21 Å². The maximum atomic E-state index is 5.78. The molecule has 1 heterocycles. The summed E-state index contributed by atoms with van der Waals surface area (Å²) in [6.07, 6.45) is 10.1. The predicted octanol–water partition coefficient (Wildman–Crippen LogP) is 3.86. The van der Waals surface area contributed by atoms with Crippen LogP contribution in [-0.4, -0.2) is 25.2 Å². The van der Waals surface area contributed by atoms with E-state index in [1.807, 2.05) is 25.3 Å². The predicted molar refractivity (Wildman–Crippen MR) is 78.3 cm³/mol. The van der Waals surface area contributed by atoms with Crippen LogP contribution in [0.25, 0.3) is 0 Å². The summed E-state index contributed by atoms with van der Waals surface area (Å²) < 4.78 is 11.6. The Morgan fingerprint density at radius 3 is 2.32 bits per heavy atom. The van der Waals surface area contributed by atoms with Gasteiger partial charge in [-0.1, -0.05) is 11.6 Å². The van der Waals surface area contributed by atoms with Crippen LogP contribution in [0.5, 0.6) is 0 Å². The van der Waals surface area contributed by atoms with Gasteiger partial charge in [-0.15, -0.1) is 0 Å². The van der Waals surface area contributed by atoms with Crippen molar-refractivity contribution in [3.63, 3.8) is 0 Å². The van der Waals surface area contributed by atoms with Gasteiger partial charge in [-0.25, -0.2) is 0 Å². The number of ether oxygens (including phenoxy) is 2. The van der Waals surface area contributed by atoms with Crippen LogP contribution in [0.4, 0.5) is 0 Å². The summed E-state index contributed by atoms with van der Waals surface area (Å²) in [5.41, 5.74) is 2.56. The minimum absolute atomic E-state index is 0.268. The zero-order valence-corrected chi connectivity index (χ0v) is 12.3. The van der Waals surface area contributed by atoms with Crippen molar-refractivity contribution in [1.29, 1.82) is 0 Å². The maximum absolute atomic E-state index is 5.78. The second-order valence-corrected chi connectivity index (χ2v) is 5.57. The Morgan fingerprint density at radius 1 is 1.16 bits per heavy atom. The SMILES string of the molecule is C/C=C\C=NC(=C(C)C)C1CCC2(CC1)OCCO2. The van der Waals surface area contributed by atoms with Crippen LogP contribution in [0.3, 0.4) is 0 Å². The van der Waals surface area contributed by atoms with Crippen LogP contribution in [0.2, 0.25) is 0 Å². The number of aliphatic imine (C=N–C) groups is 1. The molecule has 2 rings (SSSR count). The van der Waals surface area contributed by atoms with E-state index in [0.29, 0.717) is 5.92 Å². The van der Waals surface area contributed by atoms with Crippen LogP contribution >= 0.6 is 0 Å². The summed E-state index contributed by atoms with van der Waals surface area (Å²) in [5, 5.41) is 0. The Kier molecular flexibility index (Phi) is 4.94. The summed E-state index contributed by atoms with van der Waals surface area (Å²) in [4.78, 5) is 4.64. The fraction of sp³-hybridized carbons (Fsp3) is 0.688. The van der Waals surface area contributed by atoms with Gasteiger partial charge >= 0.3 is 0 Å². The highest BCUT2D eigenvalue weighted by Crippen LogP contribution is 2.41. The Hall–Kier alpha value is -0.930. The first-order valence-electron chi connectivity index (χ1n) is 7.27. The molecule has 3 heteroatoms. The molecule has 0 atom stereocenters. The Balaban J connectivity index is 2.00. The van der Waals surface area contributed by atoms with Crippen molar-refractivity contribution in [2.24, 2.45) is 10.9 Å². The molecule has 1 spiro atoms. The minimum Gasteiger partial charge on any atom is -0.348 e. The standard InChI is InChI=1S/C16H25NO2/c1-4-5-10-17-15(13(2)3)14-6-8-16(9-7-14)18-11-12-19-16/h4-5,10,14H,6-9,11-12H2,1-3H3/b5-4-,17-10?. The Labute approximate surface area is 116 Å². The molecule has 2 fully saturated rings. The van der Waals surface area contributed by atoms with Crippen molar-refractivity contribution in [1.82, 2.24) is 0 Å². The summed E-state index contributed by atoms with van der Waals surface area (Å²) >= 11 is 0. The maximum Gasteiger partial charge on any atom is 0.168 e. The molecule has 1 aliphatic carbocycles. The smallest absolute Gasteiger partial charge is 0.168 e. The fourth-order valence-corrected chi connectivity index (χ4v) is 2.97. The first-order valence-corrected chi connectivity index (χ1v) is 7.27. The molecular formula is C16H25NO2. The van der Waals surface area contributed by atoms with Crippen LogP contribution in [0, 0.1) is 5.92 Å². The van der Waals surface area contributed by atoms with Gasteiger partial charge in [-0.05, 0) is 39.7 Å². The third-order valence-corrected chi connectivity index (χ3v) is 3.95. The van der Waals surface area contributed by atoms with Crippen molar-refractivity contribution < 1.29 is 9.47 Å². The largest absolute Gasteiger partial charge is 0.348 e. The van der Waals surface area contributed by atoms with Gasteiger partial charge in [0.05, 0.1) is 13.2 Å². The van der Waals surface area contributed by atoms with Crippen LogP contribution in [-0.2, 0) is 9.47 Å². The van der Waals surface area contributed by atoms with Gasteiger partial charge < -0.3 is 9.47 Å². The summed E-state index contributed by atoms with van der Waals surface area (Å²) in [6, 6.07) is 0. The topological polar surface area (TPSA) is 30.8 Å². The van der Waals surface area contributed by atoms with E-state index in [1.165, 1.54) is 11.3 Å². The molecule has 0 radical (unpaired) electrons. The van der Waals surface area contributed by atoms with Crippen molar-refractivity contribution in [2.45, 2.75) is 52.2 Å². The van der Waals surface area contributed by atoms with E-state index in [-0.39, 0.29) is 5.79 Å². The second-order valence-electron chi connectivity index (χ2n) is 5.57. The van der Waals surface area contributed by atoms with E-state index < -0.39 is 0 Å². The lowest BCUT2D eigenvalue weighted by molar-refractivity contribution is -0.180. The van der Waals surface area contributed by atoms with Gasteiger partial charge in [0, 0.05) is 30.7 Å². The van der Waals surface area contributed by atoms with Crippen molar-refractivity contribution in [3.05, 3.63) is 23.4 Å². The van der Waals surface area contributed by atoms with Gasteiger partial charge in [-0.3, -0.25) is 4.99 Å². The number of hydrogen-bond acceptors (Lipinski definition) is 3. The van der Waals surface area contributed by atoms with Crippen LogP contribution in [0.1, 0.15) is 46.5 Å². The minimum atomic E-state index is -0.268. The van der Waals surface area contributed by atoms with E-state index in [4.69, 9.17) is 9.47 Å². The lowest BCUT2D eigenvalue weighted by atomic mass is 9.82. The van der Waals surface area contributed by atoms with Gasteiger partial charge in [0.15, 0.2) is 5.79 Å². The van der Waals surface area contributed by atoms with Crippen molar-refractivity contribution in [3.8, 4) is 0 Å². The average Bonchev–Trinajstić information content (AvgIpc) is 2.84. The third-order valence-electron chi connectivity index (χ3n) is 3.95. The average molecular weight is 263 g/mol. The molecular weight excluding hydrogens is 238 g/mol. The molecule has 0 aromatic heterocycles. The fourth-order valence-electron chi connectivity index (χ4n) is 2.97. The molecule has 106 valence electrons. The van der Waals surface area contributed by atoms with E-state index in [2.05, 4.69) is 18.8 Å². The molecule has 0 bridgehead atoms. The molecule has 0 aromatic rings. The number of nitrogens with zero attached hydrogens (tertiary/aromatic N) is 1. The second kappa shape index (κ2) is 6.49. The Morgan fingerprint density at radius 2 is 1.79 bits per heavy atom. The highest BCUT2D eigenvalue weighted by molar-refractivity contribution is 5.72. The highest BCUT2D eigenvalue weighted by atomic mass is 16.7. The molecule has 1 saturated carbocycles. The van der Waals surface area contributed by atoms with Gasteiger partial charge in [-0.2, -0.15) is 0 Å². The molecule has 2 aliphatic rings. The Bertz CT molecular complexity index is 376. The molecule has 0 aromatic carbocycles. The first kappa shape index (κ1) is 14.5. The highest BCUT2D eigenvalue weighted by Gasteiger charge is 2.41. The lowest BCUT2D eigenvalue weighted by Gasteiger charge is -2.35. The zero-order valence-electron chi connectivity index (χ0n) is 12.3. The van der Waals surface area contributed by atoms with Crippen LogP contribution < -0.4 is 0 Å². The van der Waals surface area contributed by atoms with E-state index >= 15 is 0 Å². The van der Waals surface area contributed by atoms with E-state index in [0.717, 1.165) is 38.9 Å². The van der Waals surface area contributed by atoms with Crippen LogP contribution in [0.15, 0.2) is 28.4 Å². The van der Waals surface area contributed by atoms with Crippen molar-refractivity contribution in [2.75, 3.05) is 13.2 Å². The molecule has 0 N–H and O–H groups in total. The molecule has 0 unspecified atom stereocenters. The summed E-state index contributed by atoms with van der Waals surface area (Å²) in [7, 11) is 0. The molecule has 0 amide bonds. The summed E-state index contributed by atoms with van der Waals surface area (Å²) in [5.74, 6) is 0.279. The zero-order chi connectivity index (χ0) is 13.7. The third kappa shape index (κ3) is 3.54. The number of allylic oxidation sites excluding steroid dienone is 4. The van der Waals surface area contributed by atoms with E-state index in [9.17, 15) is 0 Å². The van der Waals surface area contributed by atoms with Gasteiger partial charge in [0.2, 0.25) is 0 Å².